The van der Waals surface area contributed by atoms with Crippen molar-refractivity contribution in [1.82, 2.24) is 0 Å². The maximum absolute atomic E-state index is 14.5. The zero-order valence-corrected chi connectivity index (χ0v) is 15.1. The molecule has 1 amide bonds. The molecule has 0 radical (unpaired) electrons. The monoisotopic (exact) mass is 379 g/mol. The smallest absolute Gasteiger partial charge is 0.417 e. The molecule has 5 nitrogen and oxygen atoms in total. The van der Waals surface area contributed by atoms with Crippen molar-refractivity contribution in [3.8, 4) is 22.6 Å². The normalized spacial score (nSPS) is 10.2. The van der Waals surface area contributed by atoms with Gasteiger partial charge in [-0.15, -0.1) is 0 Å². The molecule has 1 N–H and O–H groups in total. The van der Waals surface area contributed by atoms with E-state index >= 15 is 0 Å². The first-order valence-electron chi connectivity index (χ1n) is 8.69. The van der Waals surface area contributed by atoms with Crippen LogP contribution in [-0.4, -0.2) is 12.1 Å². The summed E-state index contributed by atoms with van der Waals surface area (Å²) in [6.45, 7) is 1.66. The summed E-state index contributed by atoms with van der Waals surface area (Å²) in [6, 6.07) is 19.6. The molecule has 0 fully saturated rings. The average molecular weight is 379 g/mol. The van der Waals surface area contributed by atoms with Crippen LogP contribution in [0.4, 0.5) is 14.9 Å². The minimum atomic E-state index is -0.648. The third-order valence-corrected chi connectivity index (χ3v) is 3.84. The number of esters is 1. The van der Waals surface area contributed by atoms with E-state index in [4.69, 9.17) is 9.47 Å². The third-order valence-electron chi connectivity index (χ3n) is 3.84. The van der Waals surface area contributed by atoms with E-state index in [1.54, 1.807) is 55.5 Å². The molecule has 0 spiro atoms. The van der Waals surface area contributed by atoms with Crippen molar-refractivity contribution in [2.75, 3.05) is 5.32 Å². The molecule has 0 atom stereocenters. The van der Waals surface area contributed by atoms with Crippen molar-refractivity contribution in [2.45, 2.75) is 13.3 Å². The third kappa shape index (κ3) is 4.94. The van der Waals surface area contributed by atoms with Crippen molar-refractivity contribution < 1.29 is 23.5 Å². The lowest BCUT2D eigenvalue weighted by Crippen LogP contribution is -2.16. The zero-order valence-electron chi connectivity index (χ0n) is 15.1. The number of rotatable bonds is 5. The van der Waals surface area contributed by atoms with Gasteiger partial charge < -0.3 is 9.47 Å². The molecule has 0 unspecified atom stereocenters. The minimum absolute atomic E-state index is 0.141. The Bertz CT molecular complexity index is 989. The van der Waals surface area contributed by atoms with Crippen molar-refractivity contribution >= 4 is 17.7 Å². The predicted octanol–water partition coefficient (Wildman–Crippen LogP) is 5.42. The molecule has 3 aromatic rings. The van der Waals surface area contributed by atoms with Crippen LogP contribution in [0.2, 0.25) is 0 Å². The number of ether oxygens (including phenoxy) is 2. The van der Waals surface area contributed by atoms with E-state index in [1.807, 2.05) is 6.07 Å². The van der Waals surface area contributed by atoms with Gasteiger partial charge >= 0.3 is 12.1 Å². The van der Waals surface area contributed by atoms with E-state index in [2.05, 4.69) is 5.32 Å². The fourth-order valence-corrected chi connectivity index (χ4v) is 2.50. The second kappa shape index (κ2) is 8.81. The minimum Gasteiger partial charge on any atom is -0.426 e. The Balaban J connectivity index is 1.74. The van der Waals surface area contributed by atoms with E-state index in [9.17, 15) is 14.0 Å². The van der Waals surface area contributed by atoms with Crippen LogP contribution in [-0.2, 0) is 4.79 Å². The Morgan fingerprint density at radius 2 is 1.64 bits per heavy atom. The van der Waals surface area contributed by atoms with Crippen LogP contribution in [0.15, 0.2) is 72.8 Å². The predicted molar refractivity (Wildman–Crippen MR) is 104 cm³/mol. The fraction of sp³-hybridized carbons (Fsp3) is 0.0909. The highest BCUT2D eigenvalue weighted by Crippen LogP contribution is 2.29. The molecule has 0 saturated heterocycles. The molecule has 142 valence electrons. The fourth-order valence-electron chi connectivity index (χ4n) is 2.50. The molecule has 0 bridgehead atoms. The number of hydrogen-bond acceptors (Lipinski definition) is 4. The van der Waals surface area contributed by atoms with Crippen molar-refractivity contribution in [1.29, 1.82) is 0 Å². The van der Waals surface area contributed by atoms with Gasteiger partial charge in [-0.3, -0.25) is 10.1 Å². The number of anilines is 1. The summed E-state index contributed by atoms with van der Waals surface area (Å²) in [5, 5.41) is 2.61. The summed E-state index contributed by atoms with van der Waals surface area (Å²) in [5.74, 6) is -0.575. The van der Waals surface area contributed by atoms with Crippen molar-refractivity contribution in [3.63, 3.8) is 0 Å². The molecule has 28 heavy (non-hydrogen) atoms. The van der Waals surface area contributed by atoms with Crippen LogP contribution in [0.5, 0.6) is 11.5 Å². The van der Waals surface area contributed by atoms with E-state index in [1.165, 1.54) is 12.1 Å². The molecule has 0 heterocycles. The highest BCUT2D eigenvalue weighted by molar-refractivity contribution is 5.86. The first-order valence-corrected chi connectivity index (χ1v) is 8.69. The van der Waals surface area contributed by atoms with Gasteiger partial charge in [0.05, 0.1) is 0 Å². The van der Waals surface area contributed by atoms with Crippen molar-refractivity contribution in [2.24, 2.45) is 0 Å². The molecule has 0 aliphatic carbocycles. The highest BCUT2D eigenvalue weighted by atomic mass is 19.1. The van der Waals surface area contributed by atoms with Gasteiger partial charge in [0.15, 0.2) is 0 Å². The zero-order chi connectivity index (χ0) is 19.9. The number of amides is 1. The van der Waals surface area contributed by atoms with E-state index in [0.29, 0.717) is 16.8 Å². The number of nitrogens with one attached hydrogen (secondary N) is 1. The summed E-state index contributed by atoms with van der Waals surface area (Å²) < 4.78 is 24.7. The van der Waals surface area contributed by atoms with Crippen LogP contribution in [0.3, 0.4) is 0 Å². The standard InChI is InChI=1S/C22H18FNO4/c1-2-21(25)27-18-11-12-19(20(23)14-18)15-7-6-10-17(13-15)28-22(26)24-16-8-4-3-5-9-16/h3-14H,2H2,1H3,(H,24,26). The van der Waals surface area contributed by atoms with Gasteiger partial charge in [-0.25, -0.2) is 9.18 Å². The SMILES string of the molecule is CCC(=O)Oc1ccc(-c2cccc(OC(=O)Nc3ccccc3)c2)c(F)c1. The van der Waals surface area contributed by atoms with Gasteiger partial charge in [-0.05, 0) is 42.0 Å². The Hall–Kier alpha value is -3.67. The molecular formula is C22H18FNO4. The Morgan fingerprint density at radius 1 is 0.893 bits per heavy atom. The number of para-hydroxylation sites is 1. The maximum Gasteiger partial charge on any atom is 0.417 e. The lowest BCUT2D eigenvalue weighted by Gasteiger charge is -2.10. The van der Waals surface area contributed by atoms with Crippen molar-refractivity contribution in [3.05, 3.63) is 78.6 Å². The molecular weight excluding hydrogens is 361 g/mol. The maximum atomic E-state index is 14.5. The van der Waals surface area contributed by atoms with Crippen LogP contribution in [0.25, 0.3) is 11.1 Å². The van der Waals surface area contributed by atoms with Gasteiger partial charge in [0.2, 0.25) is 0 Å². The summed E-state index contributed by atoms with van der Waals surface area (Å²) >= 11 is 0. The average Bonchev–Trinajstić information content (AvgIpc) is 2.69. The Morgan fingerprint density at radius 3 is 2.36 bits per heavy atom. The summed E-state index contributed by atoms with van der Waals surface area (Å²) in [4.78, 5) is 23.3. The molecule has 0 aromatic heterocycles. The first-order chi connectivity index (χ1) is 13.5. The molecule has 3 aromatic carbocycles. The largest absolute Gasteiger partial charge is 0.426 e. The molecule has 0 aliphatic heterocycles. The number of halogens is 1. The van der Waals surface area contributed by atoms with Gasteiger partial charge in [-0.2, -0.15) is 0 Å². The summed E-state index contributed by atoms with van der Waals surface area (Å²) in [6.07, 6.45) is -0.445. The number of carbonyl (C=O) groups is 2. The van der Waals surface area contributed by atoms with Crippen LogP contribution < -0.4 is 14.8 Å². The number of hydrogen-bond donors (Lipinski definition) is 1. The number of carbonyl (C=O) groups excluding carboxylic acids is 2. The number of benzene rings is 3. The first kappa shape index (κ1) is 19.1. The second-order valence-electron chi connectivity index (χ2n) is 5.88. The van der Waals surface area contributed by atoms with Crippen LogP contribution >= 0.6 is 0 Å². The van der Waals surface area contributed by atoms with E-state index < -0.39 is 17.9 Å². The molecule has 3 rings (SSSR count). The lowest BCUT2D eigenvalue weighted by molar-refractivity contribution is -0.134. The second-order valence-corrected chi connectivity index (χ2v) is 5.88. The van der Waals surface area contributed by atoms with Gasteiger partial charge in [0.1, 0.15) is 17.3 Å². The quantitative estimate of drug-likeness (QED) is 0.475. The van der Waals surface area contributed by atoms with Crippen LogP contribution in [0, 0.1) is 5.82 Å². The van der Waals surface area contributed by atoms with Gasteiger partial charge in [0, 0.05) is 23.7 Å². The Kier molecular flexibility index (Phi) is 6.01. The van der Waals surface area contributed by atoms with E-state index in [0.717, 1.165) is 6.07 Å². The topological polar surface area (TPSA) is 64.6 Å². The van der Waals surface area contributed by atoms with Crippen LogP contribution in [0.1, 0.15) is 13.3 Å². The summed E-state index contributed by atoms with van der Waals surface area (Å²) in [7, 11) is 0. The van der Waals surface area contributed by atoms with E-state index in [-0.39, 0.29) is 17.9 Å². The van der Waals surface area contributed by atoms with Gasteiger partial charge in [0.25, 0.3) is 0 Å². The molecule has 0 aliphatic rings. The van der Waals surface area contributed by atoms with Gasteiger partial charge in [-0.1, -0.05) is 37.3 Å². The molecule has 0 saturated carbocycles. The lowest BCUT2D eigenvalue weighted by atomic mass is 10.0. The summed E-state index contributed by atoms with van der Waals surface area (Å²) in [5.41, 5.74) is 1.42. The highest BCUT2D eigenvalue weighted by Gasteiger charge is 2.11. The Labute approximate surface area is 161 Å². The molecule has 6 heteroatoms.